The molecule has 0 radical (unpaired) electrons. The van der Waals surface area contributed by atoms with Gasteiger partial charge in [0.2, 0.25) is 5.95 Å². The molecule has 1 aromatic carbocycles. The molecule has 0 aliphatic carbocycles. The van der Waals surface area contributed by atoms with E-state index in [1.165, 1.54) is 14.2 Å². The number of benzene rings is 1. The number of hydrogen-bond acceptors (Lipinski definition) is 6. The summed E-state index contributed by atoms with van der Waals surface area (Å²) < 4.78 is 10.4. The Bertz CT molecular complexity index is 713. The first-order valence-electron chi connectivity index (χ1n) is 6.01. The molecular weight excluding hydrogens is 292 g/mol. The first-order chi connectivity index (χ1) is 10.1. The second-order valence-corrected chi connectivity index (χ2v) is 4.55. The maximum atomic E-state index is 8.94. The molecule has 0 fully saturated rings. The van der Waals surface area contributed by atoms with Crippen LogP contribution in [0.4, 0.5) is 11.6 Å². The highest BCUT2D eigenvalue weighted by Gasteiger charge is 2.12. The number of methoxy groups -OCH3 is 2. The lowest BCUT2D eigenvalue weighted by Gasteiger charge is -2.13. The van der Waals surface area contributed by atoms with Gasteiger partial charge in [-0.3, -0.25) is 0 Å². The predicted octanol–water partition coefficient (Wildman–Crippen LogP) is 3.07. The number of nitriles is 1. The van der Waals surface area contributed by atoms with Crippen LogP contribution in [0.5, 0.6) is 11.5 Å². The number of hydrogen-bond donors (Lipinski definition) is 1. The van der Waals surface area contributed by atoms with Gasteiger partial charge in [-0.05, 0) is 13.0 Å². The Morgan fingerprint density at radius 3 is 2.48 bits per heavy atom. The molecule has 7 heteroatoms. The molecule has 0 bridgehead atoms. The van der Waals surface area contributed by atoms with E-state index in [0.717, 1.165) is 0 Å². The van der Waals surface area contributed by atoms with Crippen LogP contribution >= 0.6 is 11.6 Å². The van der Waals surface area contributed by atoms with Gasteiger partial charge in [-0.2, -0.15) is 5.26 Å². The van der Waals surface area contributed by atoms with Gasteiger partial charge < -0.3 is 14.8 Å². The Morgan fingerprint density at radius 1 is 1.14 bits per heavy atom. The summed E-state index contributed by atoms with van der Waals surface area (Å²) in [5.74, 6) is 1.31. The van der Waals surface area contributed by atoms with E-state index in [0.29, 0.717) is 33.9 Å². The molecule has 108 valence electrons. The summed E-state index contributed by atoms with van der Waals surface area (Å²) in [6, 6.07) is 6.90. The number of nitrogens with one attached hydrogen (secondary N) is 1. The van der Waals surface area contributed by atoms with Crippen molar-refractivity contribution in [2.24, 2.45) is 0 Å². The minimum absolute atomic E-state index is 0.282. The fourth-order valence-corrected chi connectivity index (χ4v) is 1.99. The van der Waals surface area contributed by atoms with Crippen LogP contribution in [0.1, 0.15) is 11.4 Å². The number of nitrogens with zero attached hydrogens (tertiary/aromatic N) is 3. The first-order valence-corrected chi connectivity index (χ1v) is 6.39. The third-order valence-corrected chi connectivity index (χ3v) is 2.98. The predicted molar refractivity (Wildman–Crippen MR) is 79.3 cm³/mol. The molecule has 2 rings (SSSR count). The number of anilines is 2. The molecule has 1 aromatic heterocycles. The Morgan fingerprint density at radius 2 is 1.86 bits per heavy atom. The minimum Gasteiger partial charge on any atom is -0.495 e. The molecule has 21 heavy (non-hydrogen) atoms. The third-order valence-electron chi connectivity index (χ3n) is 2.69. The number of aryl methyl sites for hydroxylation is 1. The Hall–Kier alpha value is -2.52. The summed E-state index contributed by atoms with van der Waals surface area (Å²) >= 11 is 6.05. The summed E-state index contributed by atoms with van der Waals surface area (Å²) in [6.45, 7) is 1.79. The zero-order valence-corrected chi connectivity index (χ0v) is 12.5. The molecule has 0 amide bonds. The smallest absolute Gasteiger partial charge is 0.228 e. The SMILES string of the molecule is COc1cc(Nc2nc(C)cc(C#N)n2)c(OC)cc1Cl. The van der Waals surface area contributed by atoms with Gasteiger partial charge in [-0.1, -0.05) is 11.6 Å². The van der Waals surface area contributed by atoms with Gasteiger partial charge in [0.1, 0.15) is 23.3 Å². The van der Waals surface area contributed by atoms with Gasteiger partial charge in [0, 0.05) is 17.8 Å². The molecule has 0 unspecified atom stereocenters. The van der Waals surface area contributed by atoms with Crippen LogP contribution in [-0.2, 0) is 0 Å². The zero-order chi connectivity index (χ0) is 15.4. The maximum Gasteiger partial charge on any atom is 0.228 e. The summed E-state index contributed by atoms with van der Waals surface area (Å²) in [6.07, 6.45) is 0. The summed E-state index contributed by atoms with van der Waals surface area (Å²) in [5, 5.41) is 12.4. The van der Waals surface area contributed by atoms with Gasteiger partial charge >= 0.3 is 0 Å². The normalized spacial score (nSPS) is 9.86. The fourth-order valence-electron chi connectivity index (χ4n) is 1.76. The molecule has 1 N–H and O–H groups in total. The largest absolute Gasteiger partial charge is 0.495 e. The van der Waals surface area contributed by atoms with E-state index in [1.54, 1.807) is 25.1 Å². The maximum absolute atomic E-state index is 8.94. The molecule has 0 atom stereocenters. The Balaban J connectivity index is 2.43. The van der Waals surface area contributed by atoms with Crippen molar-refractivity contribution in [1.29, 1.82) is 5.26 Å². The third kappa shape index (κ3) is 3.33. The first kappa shape index (κ1) is 14.9. The average molecular weight is 305 g/mol. The van der Waals surface area contributed by atoms with Crippen molar-refractivity contribution in [2.75, 3.05) is 19.5 Å². The second kappa shape index (κ2) is 6.29. The van der Waals surface area contributed by atoms with E-state index >= 15 is 0 Å². The molecule has 1 heterocycles. The molecule has 0 aliphatic rings. The van der Waals surface area contributed by atoms with E-state index in [1.807, 2.05) is 6.07 Å². The highest BCUT2D eigenvalue weighted by atomic mass is 35.5. The molecule has 0 aliphatic heterocycles. The Labute approximate surface area is 127 Å². The van der Waals surface area contributed by atoms with E-state index in [-0.39, 0.29) is 5.69 Å². The van der Waals surface area contributed by atoms with Crippen LogP contribution < -0.4 is 14.8 Å². The van der Waals surface area contributed by atoms with Crippen molar-refractivity contribution in [3.8, 4) is 17.6 Å². The molecule has 0 spiro atoms. The van der Waals surface area contributed by atoms with Gasteiger partial charge in [-0.15, -0.1) is 0 Å². The summed E-state index contributed by atoms with van der Waals surface area (Å²) in [4.78, 5) is 8.32. The van der Waals surface area contributed by atoms with Crippen LogP contribution in [0.25, 0.3) is 0 Å². The van der Waals surface area contributed by atoms with E-state index < -0.39 is 0 Å². The van der Waals surface area contributed by atoms with E-state index in [2.05, 4.69) is 15.3 Å². The van der Waals surface area contributed by atoms with Crippen LogP contribution in [0.2, 0.25) is 5.02 Å². The standard InChI is InChI=1S/C14H13ClN4O2/c1-8-4-9(7-16)18-14(17-8)19-11-6-12(20-2)10(15)5-13(11)21-3/h4-6H,1-3H3,(H,17,18,19). The molecule has 0 saturated carbocycles. The average Bonchev–Trinajstić information content (AvgIpc) is 2.47. The Kier molecular flexibility index (Phi) is 4.45. The van der Waals surface area contributed by atoms with Crippen LogP contribution in [0, 0.1) is 18.3 Å². The lowest BCUT2D eigenvalue weighted by molar-refractivity contribution is 0.405. The van der Waals surface area contributed by atoms with Gasteiger partial charge in [0.05, 0.1) is 24.9 Å². The topological polar surface area (TPSA) is 80.1 Å². The molecular formula is C14H13ClN4O2. The van der Waals surface area contributed by atoms with Gasteiger partial charge in [0.15, 0.2) is 0 Å². The van der Waals surface area contributed by atoms with Gasteiger partial charge in [-0.25, -0.2) is 9.97 Å². The lowest BCUT2D eigenvalue weighted by Crippen LogP contribution is -2.02. The number of aromatic nitrogens is 2. The van der Waals surface area contributed by atoms with Crippen molar-refractivity contribution in [2.45, 2.75) is 6.92 Å². The van der Waals surface area contributed by atoms with Crippen LogP contribution in [0.15, 0.2) is 18.2 Å². The number of rotatable bonds is 4. The summed E-state index contributed by atoms with van der Waals surface area (Å²) in [7, 11) is 3.05. The van der Waals surface area contributed by atoms with Gasteiger partial charge in [0.25, 0.3) is 0 Å². The van der Waals surface area contributed by atoms with Crippen molar-refractivity contribution in [3.05, 3.63) is 34.6 Å². The van der Waals surface area contributed by atoms with Crippen molar-refractivity contribution in [3.63, 3.8) is 0 Å². The highest BCUT2D eigenvalue weighted by molar-refractivity contribution is 6.32. The number of halogens is 1. The van der Waals surface area contributed by atoms with Crippen LogP contribution in [0.3, 0.4) is 0 Å². The van der Waals surface area contributed by atoms with E-state index in [4.69, 9.17) is 26.3 Å². The van der Waals surface area contributed by atoms with Crippen molar-refractivity contribution >= 4 is 23.2 Å². The molecule has 0 saturated heterocycles. The van der Waals surface area contributed by atoms with E-state index in [9.17, 15) is 0 Å². The monoisotopic (exact) mass is 304 g/mol. The minimum atomic E-state index is 0.282. The quantitative estimate of drug-likeness (QED) is 0.935. The van der Waals surface area contributed by atoms with Crippen LogP contribution in [-0.4, -0.2) is 24.2 Å². The summed E-state index contributed by atoms with van der Waals surface area (Å²) in [5.41, 5.74) is 1.56. The molecule has 6 nitrogen and oxygen atoms in total. The molecule has 2 aromatic rings. The fraction of sp³-hybridized carbons (Fsp3) is 0.214. The second-order valence-electron chi connectivity index (χ2n) is 4.14. The van der Waals surface area contributed by atoms with Crippen molar-refractivity contribution < 1.29 is 9.47 Å². The van der Waals surface area contributed by atoms with Crippen molar-refractivity contribution in [1.82, 2.24) is 9.97 Å². The zero-order valence-electron chi connectivity index (χ0n) is 11.8. The number of ether oxygens (including phenoxy) is 2. The lowest BCUT2D eigenvalue weighted by atomic mass is 10.2. The highest BCUT2D eigenvalue weighted by Crippen LogP contribution is 2.36.